The quantitative estimate of drug-likeness (QED) is 0.138. The Morgan fingerprint density at radius 1 is 1.22 bits per heavy atom. The lowest BCUT2D eigenvalue weighted by Crippen LogP contribution is -2.32. The van der Waals surface area contributed by atoms with E-state index in [4.69, 9.17) is 18.7 Å². The molecule has 2 fully saturated rings. The fourth-order valence-electron chi connectivity index (χ4n) is 4.94. The van der Waals surface area contributed by atoms with Crippen molar-refractivity contribution in [3.63, 3.8) is 0 Å². The van der Waals surface area contributed by atoms with Crippen LogP contribution in [0.15, 0.2) is 12.2 Å². The average Bonchev–Trinajstić information content (AvgIpc) is 3.34. The Morgan fingerprint density at radius 3 is 2.62 bits per heavy atom. The second-order valence-corrected chi connectivity index (χ2v) is 9.55. The van der Waals surface area contributed by atoms with Crippen LogP contribution in [0.2, 0.25) is 0 Å². The van der Waals surface area contributed by atoms with E-state index in [-0.39, 0.29) is 35.6 Å². The highest BCUT2D eigenvalue weighted by Gasteiger charge is 2.44. The maximum Gasteiger partial charge on any atom is 0.306 e. The van der Waals surface area contributed by atoms with Crippen molar-refractivity contribution in [2.75, 3.05) is 19.8 Å². The molecule has 0 N–H and O–H groups in total. The molecule has 32 heavy (non-hydrogen) atoms. The van der Waals surface area contributed by atoms with Crippen molar-refractivity contribution in [2.24, 2.45) is 17.8 Å². The van der Waals surface area contributed by atoms with Gasteiger partial charge in [-0.3, -0.25) is 9.59 Å². The van der Waals surface area contributed by atoms with Crippen LogP contribution in [0.5, 0.6) is 0 Å². The molecule has 0 radical (unpaired) electrons. The van der Waals surface area contributed by atoms with Crippen molar-refractivity contribution in [3.05, 3.63) is 12.2 Å². The summed E-state index contributed by atoms with van der Waals surface area (Å²) in [5.74, 6) is -0.00859. The Morgan fingerprint density at radius 2 is 1.97 bits per heavy atom. The van der Waals surface area contributed by atoms with Gasteiger partial charge in [-0.2, -0.15) is 0 Å². The molecule has 1 heterocycles. The molecule has 1 saturated heterocycles. The monoisotopic (exact) mass is 470 g/mol. The third-order valence-corrected chi connectivity index (χ3v) is 7.08. The molecule has 7 heteroatoms. The van der Waals surface area contributed by atoms with Gasteiger partial charge < -0.3 is 18.7 Å². The molecular weight excluding hydrogens is 427 g/mol. The number of esters is 1. The molecule has 0 bridgehead atoms. The van der Waals surface area contributed by atoms with Crippen molar-refractivity contribution < 1.29 is 28.3 Å². The SMILES string of the molecule is CCCCCC1(CC[C@H]2C(OP)CC(=O)C2C/C=C\CC(C)CC(=O)OCC)OCCO1. The first-order chi connectivity index (χ1) is 15.4. The molecule has 2 rings (SSSR count). The van der Waals surface area contributed by atoms with Crippen LogP contribution >= 0.6 is 9.47 Å². The minimum absolute atomic E-state index is 0.0359. The molecule has 0 aromatic carbocycles. The van der Waals surface area contributed by atoms with Crippen molar-refractivity contribution >= 4 is 21.2 Å². The van der Waals surface area contributed by atoms with Crippen LogP contribution in [0, 0.1) is 17.8 Å². The molecule has 5 atom stereocenters. The van der Waals surface area contributed by atoms with Gasteiger partial charge in [0.1, 0.15) is 5.78 Å². The second kappa shape index (κ2) is 14.5. The normalized spacial score (nSPS) is 26.1. The number of unbranched alkanes of at least 4 members (excludes halogenated alkanes) is 2. The van der Waals surface area contributed by atoms with Crippen LogP contribution in [0.1, 0.15) is 85.0 Å². The lowest BCUT2D eigenvalue weighted by molar-refractivity contribution is -0.171. The van der Waals surface area contributed by atoms with Crippen molar-refractivity contribution in [2.45, 2.75) is 96.9 Å². The zero-order valence-corrected chi connectivity index (χ0v) is 21.3. The topological polar surface area (TPSA) is 71.1 Å². The summed E-state index contributed by atoms with van der Waals surface area (Å²) in [7, 11) is 2.35. The van der Waals surface area contributed by atoms with E-state index < -0.39 is 5.79 Å². The van der Waals surface area contributed by atoms with E-state index in [9.17, 15) is 9.59 Å². The van der Waals surface area contributed by atoms with Crippen molar-refractivity contribution in [3.8, 4) is 0 Å². The Balaban J connectivity index is 1.90. The fourth-order valence-corrected chi connectivity index (χ4v) is 5.24. The van der Waals surface area contributed by atoms with E-state index in [2.05, 4.69) is 28.5 Å². The summed E-state index contributed by atoms with van der Waals surface area (Å²) in [6.07, 6.45) is 12.5. The fraction of sp³-hybridized carbons (Fsp3) is 0.840. The van der Waals surface area contributed by atoms with Gasteiger partial charge in [0.25, 0.3) is 0 Å². The number of allylic oxidation sites excluding steroid dienone is 2. The first kappa shape index (κ1) is 27.4. The van der Waals surface area contributed by atoms with Crippen LogP contribution in [-0.4, -0.2) is 43.5 Å². The third kappa shape index (κ3) is 8.52. The molecule has 0 aromatic heterocycles. The zero-order valence-electron chi connectivity index (χ0n) is 20.2. The number of hydrogen-bond donors (Lipinski definition) is 0. The summed E-state index contributed by atoms with van der Waals surface area (Å²) < 4.78 is 22.7. The summed E-state index contributed by atoms with van der Waals surface area (Å²) in [6.45, 7) is 7.78. The number of rotatable bonds is 15. The average molecular weight is 471 g/mol. The van der Waals surface area contributed by atoms with Crippen molar-refractivity contribution in [1.29, 1.82) is 0 Å². The predicted octanol–water partition coefficient (Wildman–Crippen LogP) is 5.40. The smallest absolute Gasteiger partial charge is 0.306 e. The van der Waals surface area contributed by atoms with Crippen LogP contribution in [0.25, 0.3) is 0 Å². The molecule has 2 aliphatic rings. The molecule has 1 aliphatic carbocycles. The first-order valence-electron chi connectivity index (χ1n) is 12.4. The van der Waals surface area contributed by atoms with E-state index in [0.29, 0.717) is 39.1 Å². The van der Waals surface area contributed by atoms with E-state index in [0.717, 1.165) is 32.1 Å². The molecule has 0 aromatic rings. The van der Waals surface area contributed by atoms with Crippen molar-refractivity contribution in [1.82, 2.24) is 0 Å². The van der Waals surface area contributed by atoms with Crippen LogP contribution in [0.3, 0.4) is 0 Å². The molecule has 1 aliphatic heterocycles. The highest BCUT2D eigenvalue weighted by atomic mass is 31.0. The Bertz CT molecular complexity index is 601. The summed E-state index contributed by atoms with van der Waals surface area (Å²) in [6, 6.07) is 0. The lowest BCUT2D eigenvalue weighted by Gasteiger charge is -2.31. The number of Topliss-reactive ketones (excluding diaryl/α,β-unsaturated/α-hetero) is 1. The van der Waals surface area contributed by atoms with Gasteiger partial charge in [0.05, 0.1) is 25.9 Å². The molecular formula is C25H43O6P. The molecule has 4 unspecified atom stereocenters. The first-order valence-corrected chi connectivity index (χ1v) is 12.9. The van der Waals surface area contributed by atoms with Gasteiger partial charge >= 0.3 is 5.97 Å². The van der Waals surface area contributed by atoms with Gasteiger partial charge in [0, 0.05) is 41.1 Å². The third-order valence-electron chi connectivity index (χ3n) is 6.73. The molecule has 1 saturated carbocycles. The molecule has 0 amide bonds. The second-order valence-electron chi connectivity index (χ2n) is 9.28. The van der Waals surface area contributed by atoms with Gasteiger partial charge in [-0.25, -0.2) is 0 Å². The largest absolute Gasteiger partial charge is 0.466 e. The Kier molecular flexibility index (Phi) is 12.4. The van der Waals surface area contributed by atoms with E-state index >= 15 is 0 Å². The lowest BCUT2D eigenvalue weighted by atomic mass is 9.85. The van der Waals surface area contributed by atoms with Crippen LogP contribution < -0.4 is 0 Å². The highest BCUT2D eigenvalue weighted by molar-refractivity contribution is 7.09. The standard InChI is InChI=1S/C25H43O6P/c1-4-6-9-13-25(29-15-16-30-25)14-12-21-20(22(26)18-23(21)31-32)11-8-7-10-19(3)17-24(27)28-5-2/h7-8,19-21,23H,4-6,9-18,32H2,1-3H3/b8-7-/t19?,20?,21-,23?/m1/s1. The summed E-state index contributed by atoms with van der Waals surface area (Å²) >= 11 is 0. The minimum Gasteiger partial charge on any atom is -0.466 e. The number of hydrogen-bond acceptors (Lipinski definition) is 6. The van der Waals surface area contributed by atoms with E-state index in [1.54, 1.807) is 0 Å². The van der Waals surface area contributed by atoms with Gasteiger partial charge in [-0.1, -0.05) is 38.8 Å². The molecule has 184 valence electrons. The highest BCUT2D eigenvalue weighted by Crippen LogP contribution is 2.41. The Labute approximate surface area is 196 Å². The molecule has 0 spiro atoms. The zero-order chi connectivity index (χ0) is 23.4. The predicted molar refractivity (Wildman–Crippen MR) is 128 cm³/mol. The van der Waals surface area contributed by atoms with Crippen LogP contribution in [-0.2, 0) is 28.3 Å². The number of ether oxygens (including phenoxy) is 3. The van der Waals surface area contributed by atoms with Crippen LogP contribution in [0.4, 0.5) is 0 Å². The molecule has 6 nitrogen and oxygen atoms in total. The van der Waals surface area contributed by atoms with Gasteiger partial charge in [-0.05, 0) is 44.4 Å². The summed E-state index contributed by atoms with van der Waals surface area (Å²) in [5, 5.41) is 0. The van der Waals surface area contributed by atoms with E-state index in [1.165, 1.54) is 12.8 Å². The number of carbonyl (C=O) groups excluding carboxylic acids is 2. The van der Waals surface area contributed by atoms with Gasteiger partial charge in [0.2, 0.25) is 0 Å². The van der Waals surface area contributed by atoms with Gasteiger partial charge in [0.15, 0.2) is 5.79 Å². The maximum absolute atomic E-state index is 12.7. The summed E-state index contributed by atoms with van der Waals surface area (Å²) in [4.78, 5) is 24.4. The van der Waals surface area contributed by atoms with Gasteiger partial charge in [-0.15, -0.1) is 0 Å². The maximum atomic E-state index is 12.7. The number of carbonyl (C=O) groups is 2. The number of ketones is 1. The minimum atomic E-state index is -0.491. The Hall–Kier alpha value is -0.810. The summed E-state index contributed by atoms with van der Waals surface area (Å²) in [5.41, 5.74) is 0. The van der Waals surface area contributed by atoms with E-state index in [1.807, 2.05) is 13.8 Å².